The molecule has 0 bridgehead atoms. The molecule has 1 N–H and O–H groups in total. The molecule has 0 saturated heterocycles. The predicted molar refractivity (Wildman–Crippen MR) is 116 cm³/mol. The second-order valence-corrected chi connectivity index (χ2v) is 7.76. The number of aromatic amines is 1. The molecule has 2 heterocycles. The van der Waals surface area contributed by atoms with Gasteiger partial charge in [0.05, 0.1) is 5.56 Å². The third kappa shape index (κ3) is 4.40. The largest absolute Gasteiger partial charge is 0.461 e. The molecule has 1 aliphatic rings. The Kier molecular flexibility index (Phi) is 6.49. The quantitative estimate of drug-likeness (QED) is 0.324. The number of aliphatic imine (C=N–C) groups is 1. The van der Waals surface area contributed by atoms with Crippen LogP contribution in [0.3, 0.4) is 0 Å². The van der Waals surface area contributed by atoms with Crippen LogP contribution in [-0.4, -0.2) is 34.0 Å². The van der Waals surface area contributed by atoms with Crippen LogP contribution in [0.1, 0.15) is 29.5 Å². The summed E-state index contributed by atoms with van der Waals surface area (Å²) >= 11 is 1.37. The Bertz CT molecular complexity index is 1040. The monoisotopic (exact) mass is 409 g/mol. The zero-order valence-electron chi connectivity index (χ0n) is 16.5. The van der Waals surface area contributed by atoms with Gasteiger partial charge < -0.3 is 9.72 Å². The highest BCUT2D eigenvalue weighted by molar-refractivity contribution is 7.99. The Morgan fingerprint density at radius 2 is 2.10 bits per heavy atom. The van der Waals surface area contributed by atoms with Crippen molar-refractivity contribution in [3.8, 4) is 0 Å². The molecule has 6 nitrogen and oxygen atoms in total. The lowest BCUT2D eigenvalue weighted by molar-refractivity contribution is -0.145. The standard InChI is InChI=1S/C22H23N3O3S/c1-5-10-28-21(27)16-14(4)23-19-18(17(16)15-9-7-8-13(3)12-15)20(26)25-22(24-19)29-11-6-2/h5-9,12,16-17H,1-2,10-11H2,3-4H3,(H,24,25,26). The van der Waals surface area contributed by atoms with Gasteiger partial charge in [-0.2, -0.15) is 0 Å². The molecule has 2 aromatic rings. The first-order valence-corrected chi connectivity index (χ1v) is 10.2. The molecular formula is C22H23N3O3S. The van der Waals surface area contributed by atoms with Gasteiger partial charge in [0.2, 0.25) is 0 Å². The summed E-state index contributed by atoms with van der Waals surface area (Å²) in [5.41, 5.74) is 2.52. The van der Waals surface area contributed by atoms with E-state index in [1.54, 1.807) is 13.0 Å². The predicted octanol–water partition coefficient (Wildman–Crippen LogP) is 3.94. The van der Waals surface area contributed by atoms with E-state index in [4.69, 9.17) is 4.74 Å². The van der Waals surface area contributed by atoms with Crippen LogP contribution >= 0.6 is 11.8 Å². The van der Waals surface area contributed by atoms with Crippen molar-refractivity contribution in [3.63, 3.8) is 0 Å². The lowest BCUT2D eigenvalue weighted by atomic mass is 9.77. The maximum absolute atomic E-state index is 13.0. The molecule has 0 aliphatic carbocycles. The maximum Gasteiger partial charge on any atom is 0.315 e. The van der Waals surface area contributed by atoms with Crippen LogP contribution < -0.4 is 5.56 Å². The highest BCUT2D eigenvalue weighted by Gasteiger charge is 2.41. The molecule has 3 rings (SSSR count). The van der Waals surface area contributed by atoms with E-state index in [2.05, 4.69) is 28.1 Å². The number of esters is 1. The Labute approximate surface area is 173 Å². The number of ether oxygens (including phenoxy) is 1. The Morgan fingerprint density at radius 1 is 1.31 bits per heavy atom. The summed E-state index contributed by atoms with van der Waals surface area (Å²) in [5, 5.41) is 0.473. The fourth-order valence-corrected chi connectivity index (χ4v) is 4.02. The van der Waals surface area contributed by atoms with Crippen LogP contribution in [0.15, 0.2) is 64.5 Å². The molecule has 29 heavy (non-hydrogen) atoms. The average molecular weight is 410 g/mol. The van der Waals surface area contributed by atoms with E-state index in [1.165, 1.54) is 17.8 Å². The average Bonchev–Trinajstić information content (AvgIpc) is 2.69. The van der Waals surface area contributed by atoms with E-state index in [-0.39, 0.29) is 12.2 Å². The molecule has 0 amide bonds. The molecule has 150 valence electrons. The van der Waals surface area contributed by atoms with Gasteiger partial charge in [0.25, 0.3) is 5.56 Å². The number of fused-ring (bicyclic) bond motifs is 1. The van der Waals surface area contributed by atoms with Crippen molar-refractivity contribution in [3.05, 3.63) is 76.6 Å². The highest BCUT2D eigenvalue weighted by atomic mass is 32.2. The van der Waals surface area contributed by atoms with Crippen LogP contribution in [0.5, 0.6) is 0 Å². The van der Waals surface area contributed by atoms with Gasteiger partial charge in [-0.1, -0.05) is 60.3 Å². The third-order valence-corrected chi connectivity index (χ3v) is 5.50. The van der Waals surface area contributed by atoms with Gasteiger partial charge in [-0.05, 0) is 19.4 Å². The lowest BCUT2D eigenvalue weighted by Crippen LogP contribution is -2.37. The number of aromatic nitrogens is 2. The molecule has 1 aromatic carbocycles. The van der Waals surface area contributed by atoms with Gasteiger partial charge in [-0.25, -0.2) is 9.98 Å². The summed E-state index contributed by atoms with van der Waals surface area (Å²) < 4.78 is 5.33. The number of carbonyl (C=O) groups is 1. The fourth-order valence-electron chi connectivity index (χ4n) is 3.43. The maximum atomic E-state index is 13.0. The van der Waals surface area contributed by atoms with Gasteiger partial charge >= 0.3 is 5.97 Å². The smallest absolute Gasteiger partial charge is 0.315 e. The van der Waals surface area contributed by atoms with Crippen molar-refractivity contribution in [2.75, 3.05) is 12.4 Å². The van der Waals surface area contributed by atoms with Crippen molar-refractivity contribution >= 4 is 29.3 Å². The Hall–Kier alpha value is -2.93. The van der Waals surface area contributed by atoms with Crippen molar-refractivity contribution in [1.82, 2.24) is 9.97 Å². The van der Waals surface area contributed by atoms with E-state index in [9.17, 15) is 9.59 Å². The minimum atomic E-state index is -0.709. The van der Waals surface area contributed by atoms with Crippen LogP contribution in [-0.2, 0) is 9.53 Å². The number of benzene rings is 1. The summed E-state index contributed by atoms with van der Waals surface area (Å²) in [6.07, 6.45) is 3.25. The lowest BCUT2D eigenvalue weighted by Gasteiger charge is -2.30. The zero-order valence-corrected chi connectivity index (χ0v) is 17.3. The van der Waals surface area contributed by atoms with E-state index in [0.717, 1.165) is 11.1 Å². The molecule has 2 atom stereocenters. The Morgan fingerprint density at radius 3 is 2.79 bits per heavy atom. The summed E-state index contributed by atoms with van der Waals surface area (Å²) in [5.74, 6) is -0.722. The molecule has 0 radical (unpaired) electrons. The number of thioether (sulfide) groups is 1. The van der Waals surface area contributed by atoms with Crippen molar-refractivity contribution in [2.24, 2.45) is 10.9 Å². The summed E-state index contributed by atoms with van der Waals surface area (Å²) in [7, 11) is 0. The molecule has 2 unspecified atom stereocenters. The molecular weight excluding hydrogens is 386 g/mol. The number of hydrogen-bond acceptors (Lipinski definition) is 6. The van der Waals surface area contributed by atoms with E-state index in [1.807, 2.05) is 31.2 Å². The fraction of sp³-hybridized carbons (Fsp3) is 0.273. The van der Waals surface area contributed by atoms with Gasteiger partial charge in [-0.15, -0.1) is 6.58 Å². The molecule has 7 heteroatoms. The number of carbonyl (C=O) groups excluding carboxylic acids is 1. The van der Waals surface area contributed by atoms with Crippen LogP contribution in [0.2, 0.25) is 0 Å². The SMILES string of the molecule is C=CCOC(=O)C1C(C)=Nc2nc(SCC=C)[nH]c(=O)c2C1c1cccc(C)c1. The van der Waals surface area contributed by atoms with Crippen LogP contribution in [0, 0.1) is 12.8 Å². The van der Waals surface area contributed by atoms with E-state index < -0.39 is 17.8 Å². The second kappa shape index (κ2) is 9.05. The minimum Gasteiger partial charge on any atom is -0.461 e. The number of nitrogens with one attached hydrogen (secondary N) is 1. The number of hydrogen-bond donors (Lipinski definition) is 1. The first-order valence-electron chi connectivity index (χ1n) is 9.23. The first kappa shape index (κ1) is 20.8. The Balaban J connectivity index is 2.18. The third-order valence-electron chi connectivity index (χ3n) is 4.63. The number of aryl methyl sites for hydroxylation is 1. The molecule has 0 spiro atoms. The van der Waals surface area contributed by atoms with E-state index >= 15 is 0 Å². The normalized spacial score (nSPS) is 17.8. The van der Waals surface area contributed by atoms with E-state index in [0.29, 0.717) is 28.0 Å². The van der Waals surface area contributed by atoms with Gasteiger partial charge in [0.1, 0.15) is 12.5 Å². The summed E-state index contributed by atoms with van der Waals surface area (Å²) in [6, 6.07) is 7.76. The molecule has 1 aromatic heterocycles. The highest BCUT2D eigenvalue weighted by Crippen LogP contribution is 2.40. The minimum absolute atomic E-state index is 0.0990. The van der Waals surface area contributed by atoms with Crippen molar-refractivity contribution in [1.29, 1.82) is 0 Å². The summed E-state index contributed by atoms with van der Waals surface area (Å²) in [4.78, 5) is 37.7. The summed E-state index contributed by atoms with van der Waals surface area (Å²) in [6.45, 7) is 11.1. The van der Waals surface area contributed by atoms with Gasteiger partial charge in [0.15, 0.2) is 11.0 Å². The number of nitrogens with zero attached hydrogens (tertiary/aromatic N) is 2. The van der Waals surface area contributed by atoms with Crippen molar-refractivity contribution in [2.45, 2.75) is 24.9 Å². The van der Waals surface area contributed by atoms with Crippen molar-refractivity contribution < 1.29 is 9.53 Å². The van der Waals surface area contributed by atoms with Crippen LogP contribution in [0.25, 0.3) is 0 Å². The zero-order chi connectivity index (χ0) is 21.0. The molecule has 0 saturated carbocycles. The van der Waals surface area contributed by atoms with Gasteiger partial charge in [0, 0.05) is 17.4 Å². The number of H-pyrrole nitrogens is 1. The topological polar surface area (TPSA) is 84.4 Å². The second-order valence-electron chi connectivity index (χ2n) is 6.75. The van der Waals surface area contributed by atoms with Crippen LogP contribution in [0.4, 0.5) is 5.82 Å². The molecule has 1 aliphatic heterocycles. The molecule has 0 fully saturated rings. The number of rotatable bonds is 7. The van der Waals surface area contributed by atoms with Gasteiger partial charge in [-0.3, -0.25) is 9.59 Å². The first-order chi connectivity index (χ1) is 14.0.